The van der Waals surface area contributed by atoms with E-state index in [2.05, 4.69) is 150 Å². The van der Waals surface area contributed by atoms with Gasteiger partial charge in [-0.25, -0.2) is 4.79 Å². The minimum absolute atomic E-state index is 0.113. The molecular weight excluding hydrogens is 677 g/mol. The van der Waals surface area contributed by atoms with Gasteiger partial charge in [0.05, 0.1) is 0 Å². The summed E-state index contributed by atoms with van der Waals surface area (Å²) in [5.41, 5.74) is 9.35. The van der Waals surface area contributed by atoms with E-state index in [9.17, 15) is 4.79 Å². The quantitative estimate of drug-likeness (QED) is 0.180. The molecule has 5 rings (SSSR count). The summed E-state index contributed by atoms with van der Waals surface area (Å²) in [6, 6.07) is 37.4. The number of carbonyl (C=O) groups is 1. The molecule has 1 aliphatic heterocycles. The Morgan fingerprint density at radius 3 is 1.05 bits per heavy atom. The van der Waals surface area contributed by atoms with E-state index in [1.807, 2.05) is 35.2 Å². The summed E-state index contributed by atoms with van der Waals surface area (Å²) in [5.74, 6) is 0. The third-order valence-corrected chi connectivity index (χ3v) is 11.0. The molecule has 4 aromatic carbocycles. The summed E-state index contributed by atoms with van der Waals surface area (Å²) in [6.07, 6.45) is -0.245. The molecular formula is C49H68N4O2. The van der Waals surface area contributed by atoms with Gasteiger partial charge in [-0.3, -0.25) is 14.7 Å². The average Bonchev–Trinajstić information content (AvgIpc) is 3.13. The largest absolute Gasteiger partial charge is 0.445 e. The summed E-state index contributed by atoms with van der Waals surface area (Å²) in [4.78, 5) is 23.4. The van der Waals surface area contributed by atoms with Crippen molar-refractivity contribution in [3.63, 3.8) is 0 Å². The van der Waals surface area contributed by atoms with E-state index >= 15 is 0 Å². The van der Waals surface area contributed by atoms with Crippen molar-refractivity contribution in [3.05, 3.63) is 142 Å². The number of rotatable bonds is 8. The first-order chi connectivity index (χ1) is 26.0. The van der Waals surface area contributed by atoms with Crippen molar-refractivity contribution in [3.8, 4) is 0 Å². The van der Waals surface area contributed by atoms with Crippen molar-refractivity contribution in [2.75, 3.05) is 52.4 Å². The zero-order chi connectivity index (χ0) is 39.6. The van der Waals surface area contributed by atoms with Crippen molar-refractivity contribution in [2.45, 2.75) is 105 Å². The van der Waals surface area contributed by atoms with Gasteiger partial charge in [0.25, 0.3) is 0 Å². The molecule has 296 valence electrons. The molecule has 6 heteroatoms. The zero-order valence-electron chi connectivity index (χ0n) is 35.4. The monoisotopic (exact) mass is 745 g/mol. The van der Waals surface area contributed by atoms with Crippen molar-refractivity contribution < 1.29 is 9.53 Å². The van der Waals surface area contributed by atoms with Crippen LogP contribution in [-0.2, 0) is 47.2 Å². The van der Waals surface area contributed by atoms with Crippen LogP contribution in [0.2, 0.25) is 0 Å². The number of nitrogens with zero attached hydrogens (tertiary/aromatic N) is 4. The number of hydrogen-bond acceptors (Lipinski definition) is 5. The molecule has 0 bridgehead atoms. The lowest BCUT2D eigenvalue weighted by Crippen LogP contribution is -2.47. The van der Waals surface area contributed by atoms with Gasteiger partial charge in [0.2, 0.25) is 0 Å². The molecule has 4 aromatic rings. The Balaban J connectivity index is 1.38. The summed E-state index contributed by atoms with van der Waals surface area (Å²) < 4.78 is 5.94. The Hall–Kier alpha value is -3.97. The molecule has 1 aliphatic rings. The molecule has 0 aromatic heterocycles. The minimum Gasteiger partial charge on any atom is -0.445 e. The van der Waals surface area contributed by atoms with E-state index in [-0.39, 0.29) is 28.9 Å². The van der Waals surface area contributed by atoms with Gasteiger partial charge < -0.3 is 9.64 Å². The fourth-order valence-electron chi connectivity index (χ4n) is 7.11. The van der Waals surface area contributed by atoms with Crippen LogP contribution in [0.3, 0.4) is 0 Å². The Morgan fingerprint density at radius 1 is 0.436 bits per heavy atom. The van der Waals surface area contributed by atoms with Crippen molar-refractivity contribution in [1.29, 1.82) is 0 Å². The second-order valence-corrected chi connectivity index (χ2v) is 18.7. The Kier molecular flexibility index (Phi) is 14.4. The van der Waals surface area contributed by atoms with E-state index in [1.165, 1.54) is 33.4 Å². The summed E-state index contributed by atoms with van der Waals surface area (Å²) >= 11 is 0. The normalized spacial score (nSPS) is 16.3. The standard InChI is InChI=1S/C49H68N4O2/c1-47(2,3)43-21-15-39(16-22-43)35-50-27-29-51(36-40-17-23-44(24-18-40)48(4,5)6)31-33-53(46(54)55-38-42-13-11-10-12-14-42)34-32-52(30-28-50)37-41-19-25-45(26-20-41)49(7,8)9/h10-26H,27-38H2,1-9H3. The summed E-state index contributed by atoms with van der Waals surface area (Å²) in [7, 11) is 0. The third-order valence-electron chi connectivity index (χ3n) is 11.0. The second-order valence-electron chi connectivity index (χ2n) is 18.7. The molecule has 1 fully saturated rings. The van der Waals surface area contributed by atoms with Crippen molar-refractivity contribution in [2.24, 2.45) is 0 Å². The topological polar surface area (TPSA) is 39.3 Å². The van der Waals surface area contributed by atoms with Crippen LogP contribution in [0.4, 0.5) is 4.79 Å². The van der Waals surface area contributed by atoms with E-state index in [0.29, 0.717) is 13.1 Å². The smallest absolute Gasteiger partial charge is 0.410 e. The highest BCUT2D eigenvalue weighted by Crippen LogP contribution is 2.25. The van der Waals surface area contributed by atoms with Crippen molar-refractivity contribution in [1.82, 2.24) is 19.6 Å². The van der Waals surface area contributed by atoms with Gasteiger partial charge in [-0.2, -0.15) is 0 Å². The number of carbonyl (C=O) groups excluding carboxylic acids is 1. The first kappa shape index (κ1) is 42.2. The highest BCUT2D eigenvalue weighted by Gasteiger charge is 2.23. The number of ether oxygens (including phenoxy) is 1. The van der Waals surface area contributed by atoms with Gasteiger partial charge in [0, 0.05) is 72.0 Å². The second kappa shape index (κ2) is 18.8. The molecule has 0 spiro atoms. The number of benzene rings is 4. The zero-order valence-corrected chi connectivity index (χ0v) is 35.4. The van der Waals surface area contributed by atoms with Crippen LogP contribution in [0.15, 0.2) is 103 Å². The Morgan fingerprint density at radius 2 is 0.745 bits per heavy atom. The molecule has 0 atom stereocenters. The van der Waals surface area contributed by atoms with Gasteiger partial charge in [-0.05, 0) is 55.2 Å². The first-order valence-corrected chi connectivity index (χ1v) is 20.4. The number of amides is 1. The van der Waals surface area contributed by atoms with Crippen LogP contribution in [0.25, 0.3) is 0 Å². The molecule has 6 nitrogen and oxygen atoms in total. The highest BCUT2D eigenvalue weighted by atomic mass is 16.6. The maximum Gasteiger partial charge on any atom is 0.410 e. The first-order valence-electron chi connectivity index (χ1n) is 20.4. The Bertz CT molecular complexity index is 1670. The predicted molar refractivity (Wildman–Crippen MR) is 229 cm³/mol. The lowest BCUT2D eigenvalue weighted by Gasteiger charge is -2.34. The molecule has 0 radical (unpaired) electrons. The predicted octanol–water partition coefficient (Wildman–Crippen LogP) is 10.0. The van der Waals surface area contributed by atoms with Gasteiger partial charge >= 0.3 is 6.09 Å². The van der Waals surface area contributed by atoms with Gasteiger partial charge in [-0.15, -0.1) is 0 Å². The lowest BCUT2D eigenvalue weighted by molar-refractivity contribution is 0.0790. The number of hydrogen-bond donors (Lipinski definition) is 0. The maximum atomic E-state index is 13.8. The SMILES string of the molecule is CC(C)(C)c1ccc(CN2CCN(Cc3ccc(C(C)(C)C)cc3)CCN(C(=O)OCc3ccccc3)CCN(Cc3ccc(C(C)(C)C)cc3)CC2)cc1. The fourth-order valence-corrected chi connectivity index (χ4v) is 7.11. The van der Waals surface area contributed by atoms with Crippen LogP contribution in [-0.4, -0.2) is 78.1 Å². The Labute approximate surface area is 333 Å². The van der Waals surface area contributed by atoms with Gasteiger partial charge in [0.15, 0.2) is 0 Å². The van der Waals surface area contributed by atoms with Crippen LogP contribution in [0.5, 0.6) is 0 Å². The minimum atomic E-state index is -0.245. The van der Waals surface area contributed by atoms with E-state index in [4.69, 9.17) is 4.74 Å². The van der Waals surface area contributed by atoms with Gasteiger partial charge in [-0.1, -0.05) is 165 Å². The van der Waals surface area contributed by atoms with Crippen LogP contribution < -0.4 is 0 Å². The molecule has 1 saturated heterocycles. The van der Waals surface area contributed by atoms with Crippen LogP contribution in [0.1, 0.15) is 101 Å². The average molecular weight is 745 g/mol. The van der Waals surface area contributed by atoms with E-state index in [1.54, 1.807) is 0 Å². The molecule has 55 heavy (non-hydrogen) atoms. The lowest BCUT2D eigenvalue weighted by atomic mass is 9.86. The van der Waals surface area contributed by atoms with Crippen LogP contribution in [0, 0.1) is 0 Å². The highest BCUT2D eigenvalue weighted by molar-refractivity contribution is 5.67. The molecule has 0 unspecified atom stereocenters. The third kappa shape index (κ3) is 13.3. The molecule has 0 aliphatic carbocycles. The molecule has 1 amide bonds. The van der Waals surface area contributed by atoms with Crippen molar-refractivity contribution >= 4 is 6.09 Å². The maximum absolute atomic E-state index is 13.8. The fraction of sp³-hybridized carbons (Fsp3) is 0.490. The van der Waals surface area contributed by atoms with E-state index < -0.39 is 0 Å². The van der Waals surface area contributed by atoms with Gasteiger partial charge in [0.1, 0.15) is 6.61 Å². The van der Waals surface area contributed by atoms with Crippen LogP contribution >= 0.6 is 0 Å². The van der Waals surface area contributed by atoms with E-state index in [0.717, 1.165) is 64.5 Å². The molecule has 1 heterocycles. The molecule has 0 saturated carbocycles. The molecule has 0 N–H and O–H groups in total. The summed E-state index contributed by atoms with van der Waals surface area (Å²) in [6.45, 7) is 29.7. The summed E-state index contributed by atoms with van der Waals surface area (Å²) in [5, 5.41) is 0.